The van der Waals surface area contributed by atoms with Crippen LogP contribution in [-0.2, 0) is 20.2 Å². The molecule has 0 spiro atoms. The average molecular weight is 404 g/mol. The van der Waals surface area contributed by atoms with Gasteiger partial charge in [-0.1, -0.05) is 18.2 Å². The Bertz CT molecular complexity index is 1100. The molecule has 0 radical (unpaired) electrons. The van der Waals surface area contributed by atoms with Crippen molar-refractivity contribution in [3.8, 4) is 5.75 Å². The second-order valence-corrected chi connectivity index (χ2v) is 9.52. The summed E-state index contributed by atoms with van der Waals surface area (Å²) in [7, 11) is -1.92. The van der Waals surface area contributed by atoms with Crippen molar-refractivity contribution >= 4 is 32.5 Å². The van der Waals surface area contributed by atoms with Crippen molar-refractivity contribution in [3.05, 3.63) is 42.0 Å². The van der Waals surface area contributed by atoms with Crippen molar-refractivity contribution in [3.63, 3.8) is 0 Å². The number of imide groups is 1. The minimum atomic E-state index is -3.50. The van der Waals surface area contributed by atoms with E-state index >= 15 is 0 Å². The molecule has 28 heavy (non-hydrogen) atoms. The molecule has 3 atom stereocenters. The van der Waals surface area contributed by atoms with E-state index in [4.69, 9.17) is 4.74 Å². The topological polar surface area (TPSA) is 113 Å². The van der Waals surface area contributed by atoms with Gasteiger partial charge in [0.25, 0.3) is 5.91 Å². The van der Waals surface area contributed by atoms with Crippen molar-refractivity contribution in [2.45, 2.75) is 24.6 Å². The number of aliphatic hydroxyl groups excluding tert-OH is 1. The van der Waals surface area contributed by atoms with Crippen molar-refractivity contribution in [2.75, 3.05) is 18.6 Å². The summed E-state index contributed by atoms with van der Waals surface area (Å²) >= 11 is 0. The summed E-state index contributed by atoms with van der Waals surface area (Å²) in [6.07, 6.45) is -1.29. The van der Waals surface area contributed by atoms with Gasteiger partial charge in [0.1, 0.15) is 11.3 Å². The Morgan fingerprint density at radius 3 is 2.46 bits per heavy atom. The van der Waals surface area contributed by atoms with E-state index in [0.29, 0.717) is 11.3 Å². The first-order valence-corrected chi connectivity index (χ1v) is 10.6. The van der Waals surface area contributed by atoms with E-state index in [1.165, 1.54) is 0 Å². The summed E-state index contributed by atoms with van der Waals surface area (Å²) in [4.78, 5) is 26.5. The van der Waals surface area contributed by atoms with Gasteiger partial charge < -0.3 is 15.2 Å². The zero-order chi connectivity index (χ0) is 20.3. The van der Waals surface area contributed by atoms with Crippen molar-refractivity contribution in [2.24, 2.45) is 0 Å². The lowest BCUT2D eigenvalue weighted by Gasteiger charge is -2.26. The Morgan fingerprint density at radius 1 is 1.14 bits per heavy atom. The summed E-state index contributed by atoms with van der Waals surface area (Å²) in [5, 5.41) is 14.5. The van der Waals surface area contributed by atoms with Gasteiger partial charge in [0.05, 0.1) is 30.8 Å². The van der Waals surface area contributed by atoms with Gasteiger partial charge in [-0.2, -0.15) is 0 Å². The largest absolute Gasteiger partial charge is 0.497 e. The summed E-state index contributed by atoms with van der Waals surface area (Å²) in [5.41, 5.74) is -0.779. The molecule has 2 aromatic carbocycles. The molecule has 2 saturated heterocycles. The molecule has 2 aliphatic rings. The monoisotopic (exact) mass is 404 g/mol. The minimum absolute atomic E-state index is 0.430. The van der Waals surface area contributed by atoms with Gasteiger partial charge in [-0.25, -0.2) is 13.2 Å². The molecule has 148 valence electrons. The summed E-state index contributed by atoms with van der Waals surface area (Å²) < 4.78 is 28.8. The number of nitrogens with zero attached hydrogens (tertiary/aromatic N) is 1. The van der Waals surface area contributed by atoms with Crippen LogP contribution in [0.5, 0.6) is 5.75 Å². The highest BCUT2D eigenvalue weighted by Gasteiger charge is 2.55. The van der Waals surface area contributed by atoms with Crippen LogP contribution in [0.1, 0.15) is 12.5 Å². The number of urea groups is 1. The van der Waals surface area contributed by atoms with Crippen LogP contribution >= 0.6 is 0 Å². The summed E-state index contributed by atoms with van der Waals surface area (Å²) in [5.74, 6) is -0.754. The predicted octanol–water partition coefficient (Wildman–Crippen LogP) is 0.773. The number of hydrogen-bond donors (Lipinski definition) is 2. The first kappa shape index (κ1) is 18.7. The van der Waals surface area contributed by atoms with E-state index < -0.39 is 51.0 Å². The Hall–Kier alpha value is -2.65. The molecule has 0 unspecified atom stereocenters. The van der Waals surface area contributed by atoms with Crippen LogP contribution in [0.4, 0.5) is 4.79 Å². The molecule has 3 amide bonds. The molecular formula is C19H20N2O6S. The number of carbonyl (C=O) groups is 2. The van der Waals surface area contributed by atoms with Crippen molar-refractivity contribution in [1.29, 1.82) is 0 Å². The zero-order valence-corrected chi connectivity index (χ0v) is 16.2. The lowest BCUT2D eigenvalue weighted by atomic mass is 9.90. The molecule has 2 aromatic rings. The third-order valence-electron chi connectivity index (χ3n) is 5.47. The quantitative estimate of drug-likeness (QED) is 0.731. The van der Waals surface area contributed by atoms with Crippen LogP contribution in [0.25, 0.3) is 10.8 Å². The lowest BCUT2D eigenvalue weighted by Crippen LogP contribution is -2.48. The molecule has 0 aromatic heterocycles. The molecule has 2 fully saturated rings. The molecule has 2 aliphatic heterocycles. The maximum Gasteiger partial charge on any atom is 0.325 e. The number of hydrogen-bond acceptors (Lipinski definition) is 6. The number of ether oxygens (including phenoxy) is 1. The van der Waals surface area contributed by atoms with E-state index in [1.54, 1.807) is 32.2 Å². The number of sulfone groups is 1. The van der Waals surface area contributed by atoms with E-state index in [9.17, 15) is 23.1 Å². The van der Waals surface area contributed by atoms with Crippen LogP contribution in [0.2, 0.25) is 0 Å². The van der Waals surface area contributed by atoms with Gasteiger partial charge in [-0.15, -0.1) is 0 Å². The number of aliphatic hydroxyl groups is 1. The van der Waals surface area contributed by atoms with Gasteiger partial charge in [0, 0.05) is 0 Å². The van der Waals surface area contributed by atoms with Crippen molar-refractivity contribution < 1.29 is 27.9 Å². The van der Waals surface area contributed by atoms with E-state index in [1.807, 2.05) is 18.2 Å². The van der Waals surface area contributed by atoms with Crippen LogP contribution in [0, 0.1) is 0 Å². The van der Waals surface area contributed by atoms with Gasteiger partial charge in [0.15, 0.2) is 9.84 Å². The van der Waals surface area contributed by atoms with E-state index in [0.717, 1.165) is 15.7 Å². The van der Waals surface area contributed by atoms with Gasteiger partial charge >= 0.3 is 6.03 Å². The number of amides is 3. The Balaban J connectivity index is 1.71. The van der Waals surface area contributed by atoms with Crippen LogP contribution in [0.3, 0.4) is 0 Å². The number of nitrogens with one attached hydrogen (secondary N) is 1. The maximum atomic E-state index is 13.1. The number of fused-ring (bicyclic) bond motifs is 1. The first-order chi connectivity index (χ1) is 13.1. The normalized spacial score (nSPS) is 29.3. The number of benzene rings is 2. The lowest BCUT2D eigenvalue weighted by molar-refractivity contribution is -0.133. The SMILES string of the molecule is COc1ccc2cc([C@]3(C)NC(=O)N([C@@H]4CS(=O)(=O)C[C@@H]4O)C3=O)ccc2c1. The average Bonchev–Trinajstić information content (AvgIpc) is 3.05. The van der Waals surface area contributed by atoms with E-state index in [-0.39, 0.29) is 0 Å². The zero-order valence-electron chi connectivity index (χ0n) is 15.4. The fraction of sp³-hybridized carbons (Fsp3) is 0.368. The highest BCUT2D eigenvalue weighted by molar-refractivity contribution is 7.91. The smallest absolute Gasteiger partial charge is 0.325 e. The summed E-state index contributed by atoms with van der Waals surface area (Å²) in [6.45, 7) is 1.58. The van der Waals surface area contributed by atoms with Crippen LogP contribution in [-0.4, -0.2) is 61.1 Å². The summed E-state index contributed by atoms with van der Waals surface area (Å²) in [6, 6.07) is 9.11. The highest BCUT2D eigenvalue weighted by Crippen LogP contribution is 2.34. The Labute approximate surface area is 162 Å². The number of rotatable bonds is 3. The molecule has 2 heterocycles. The minimum Gasteiger partial charge on any atom is -0.497 e. The maximum absolute atomic E-state index is 13.1. The fourth-order valence-corrected chi connectivity index (χ4v) is 5.65. The number of carbonyl (C=O) groups excluding carboxylic acids is 2. The fourth-order valence-electron chi connectivity index (χ4n) is 3.88. The van der Waals surface area contributed by atoms with E-state index in [2.05, 4.69) is 5.32 Å². The number of methoxy groups -OCH3 is 1. The molecule has 8 nitrogen and oxygen atoms in total. The molecule has 0 bridgehead atoms. The Kier molecular flexibility index (Phi) is 4.13. The van der Waals surface area contributed by atoms with Crippen molar-refractivity contribution in [1.82, 2.24) is 10.2 Å². The second kappa shape index (κ2) is 6.18. The highest BCUT2D eigenvalue weighted by atomic mass is 32.2. The third kappa shape index (κ3) is 2.82. The predicted molar refractivity (Wildman–Crippen MR) is 102 cm³/mol. The van der Waals surface area contributed by atoms with Gasteiger partial charge in [0.2, 0.25) is 0 Å². The second-order valence-electron chi connectivity index (χ2n) is 7.37. The van der Waals surface area contributed by atoms with Crippen LogP contribution < -0.4 is 10.1 Å². The van der Waals surface area contributed by atoms with Crippen LogP contribution in [0.15, 0.2) is 36.4 Å². The third-order valence-corrected chi connectivity index (χ3v) is 7.17. The molecule has 2 N–H and O–H groups in total. The molecular weight excluding hydrogens is 384 g/mol. The van der Waals surface area contributed by atoms with Gasteiger partial charge in [-0.3, -0.25) is 9.69 Å². The molecule has 9 heteroatoms. The molecule has 0 aliphatic carbocycles. The molecule has 0 saturated carbocycles. The Morgan fingerprint density at radius 2 is 1.82 bits per heavy atom. The first-order valence-electron chi connectivity index (χ1n) is 8.77. The van der Waals surface area contributed by atoms with Gasteiger partial charge in [-0.05, 0) is 41.5 Å². The molecule has 4 rings (SSSR count). The standard InChI is InChI=1S/C19H20N2O6S/c1-19(13-5-3-12-8-14(27-2)6-4-11(12)7-13)17(23)21(18(24)20-19)15-9-28(25,26)10-16(15)22/h3-8,15-16,22H,9-10H2,1-2H3,(H,20,24)/t15-,16+,19+/m1/s1.